The quantitative estimate of drug-likeness (QED) is 0.184. The van der Waals surface area contributed by atoms with E-state index >= 15 is 0 Å². The van der Waals surface area contributed by atoms with E-state index in [1.807, 2.05) is 24.3 Å². The van der Waals surface area contributed by atoms with E-state index in [1.54, 1.807) is 55.1 Å². The van der Waals surface area contributed by atoms with Gasteiger partial charge >= 0.3 is 0 Å². The summed E-state index contributed by atoms with van der Waals surface area (Å²) >= 11 is 1.28. The molecule has 4 aromatic rings. The Hall–Kier alpha value is -4.75. The van der Waals surface area contributed by atoms with Crippen molar-refractivity contribution >= 4 is 34.7 Å². The average molecular weight is 486 g/mol. The molecule has 0 spiro atoms. The molecule has 174 valence electrons. The van der Waals surface area contributed by atoms with Crippen LogP contribution in [0.5, 0.6) is 0 Å². The zero-order chi connectivity index (χ0) is 25.1. The van der Waals surface area contributed by atoms with Crippen LogP contribution in [0.3, 0.4) is 0 Å². The first kappa shape index (κ1) is 23.4. The van der Waals surface area contributed by atoms with Gasteiger partial charge in [0, 0.05) is 28.9 Å². The number of hydrogen-bond acceptors (Lipinski definition) is 6. The molecule has 4 rings (SSSR count). The van der Waals surface area contributed by atoms with E-state index in [4.69, 9.17) is 0 Å². The van der Waals surface area contributed by atoms with Crippen molar-refractivity contribution in [2.75, 3.05) is 5.32 Å². The molecule has 1 amide bonds. The van der Waals surface area contributed by atoms with Gasteiger partial charge in [-0.3, -0.25) is 24.4 Å². The van der Waals surface area contributed by atoms with Gasteiger partial charge in [0.05, 0.1) is 16.3 Å². The molecule has 0 aliphatic carbocycles. The number of hydrogen-bond donors (Lipinski definition) is 1. The number of nitro benzene ring substituents is 1. The van der Waals surface area contributed by atoms with Crippen molar-refractivity contribution in [3.05, 3.63) is 103 Å². The fraction of sp³-hybridized carbons (Fsp3) is 0.0800. The van der Waals surface area contributed by atoms with Crippen LogP contribution in [0, 0.1) is 28.4 Å². The number of nitro groups is 1. The topological polar surface area (TPSA) is 123 Å². The molecule has 0 radical (unpaired) electrons. The number of nitriles is 1. The first-order valence-corrected chi connectivity index (χ1v) is 11.2. The Morgan fingerprint density at radius 1 is 1.14 bits per heavy atom. The van der Waals surface area contributed by atoms with Crippen molar-refractivity contribution in [3.63, 3.8) is 0 Å². The number of non-ortho nitro benzene ring substituents is 1. The van der Waals surface area contributed by atoms with Gasteiger partial charge in [-0.05, 0) is 42.8 Å². The minimum absolute atomic E-state index is 0.0236. The number of para-hydroxylation sites is 1. The SMILES string of the molecule is Cc1c(NC(=O)/C(C#N)=C/c2ccc(-c3cccc([N+](=O)[O-])c3)s2)c(=O)n(-c2ccccc2)n1C. The number of aromatic nitrogens is 2. The molecule has 2 aromatic heterocycles. The highest BCUT2D eigenvalue weighted by atomic mass is 32.1. The standard InChI is InChI=1S/C25H19N5O4S/c1-16-23(25(32)29(28(16)2)19-8-4-3-5-9-19)27-24(31)18(15-26)14-21-11-12-22(35-21)17-7-6-10-20(13-17)30(33)34/h3-14H,1-2H3,(H,27,31)/b18-14+. The second kappa shape index (κ2) is 9.62. The normalized spacial score (nSPS) is 11.2. The van der Waals surface area contributed by atoms with Crippen molar-refractivity contribution < 1.29 is 9.72 Å². The summed E-state index contributed by atoms with van der Waals surface area (Å²) in [5.74, 6) is -0.705. The van der Waals surface area contributed by atoms with Crippen LogP contribution in [0.1, 0.15) is 10.6 Å². The Bertz CT molecular complexity index is 1570. The molecule has 0 aliphatic heterocycles. The number of benzene rings is 2. The van der Waals surface area contributed by atoms with Crippen LogP contribution in [0.25, 0.3) is 22.2 Å². The molecule has 0 aliphatic rings. The van der Waals surface area contributed by atoms with Crippen molar-refractivity contribution in [2.24, 2.45) is 7.05 Å². The van der Waals surface area contributed by atoms with Crippen LogP contribution in [0.2, 0.25) is 0 Å². The lowest BCUT2D eigenvalue weighted by Crippen LogP contribution is -2.23. The molecule has 1 N–H and O–H groups in total. The zero-order valence-corrected chi connectivity index (χ0v) is 19.6. The maximum Gasteiger partial charge on any atom is 0.295 e. The van der Waals surface area contributed by atoms with Crippen LogP contribution >= 0.6 is 11.3 Å². The fourth-order valence-corrected chi connectivity index (χ4v) is 4.49. The molecule has 0 atom stereocenters. The molecule has 0 bridgehead atoms. The van der Waals surface area contributed by atoms with E-state index in [1.165, 1.54) is 34.2 Å². The molecule has 2 heterocycles. The van der Waals surface area contributed by atoms with E-state index in [-0.39, 0.29) is 16.9 Å². The van der Waals surface area contributed by atoms with Gasteiger partial charge in [0.1, 0.15) is 17.3 Å². The first-order chi connectivity index (χ1) is 16.8. The Balaban J connectivity index is 1.61. The Labute approximate surface area is 203 Å². The van der Waals surface area contributed by atoms with Gasteiger partial charge in [-0.15, -0.1) is 11.3 Å². The van der Waals surface area contributed by atoms with E-state index in [9.17, 15) is 25.0 Å². The number of carbonyl (C=O) groups is 1. The highest BCUT2D eigenvalue weighted by molar-refractivity contribution is 7.16. The van der Waals surface area contributed by atoms with Crippen LogP contribution in [-0.2, 0) is 11.8 Å². The number of amides is 1. The third-order valence-corrected chi connectivity index (χ3v) is 6.49. The largest absolute Gasteiger partial charge is 0.315 e. The van der Waals surface area contributed by atoms with Crippen LogP contribution in [0.15, 0.2) is 77.1 Å². The maximum atomic E-state index is 13.0. The highest BCUT2D eigenvalue weighted by Crippen LogP contribution is 2.31. The molecule has 0 saturated carbocycles. The number of nitrogens with zero attached hydrogens (tertiary/aromatic N) is 4. The number of anilines is 1. The third-order valence-electron chi connectivity index (χ3n) is 5.41. The summed E-state index contributed by atoms with van der Waals surface area (Å²) in [5.41, 5.74) is 1.32. The third kappa shape index (κ3) is 4.66. The molecular weight excluding hydrogens is 466 g/mol. The average Bonchev–Trinajstić information content (AvgIpc) is 3.41. The van der Waals surface area contributed by atoms with Crippen molar-refractivity contribution in [1.29, 1.82) is 5.26 Å². The summed E-state index contributed by atoms with van der Waals surface area (Å²) < 4.78 is 3.07. The van der Waals surface area contributed by atoms with Gasteiger partial charge < -0.3 is 5.32 Å². The van der Waals surface area contributed by atoms with Gasteiger partial charge in [-0.1, -0.05) is 30.3 Å². The number of rotatable bonds is 6. The molecule has 0 saturated heterocycles. The smallest absolute Gasteiger partial charge is 0.295 e. The predicted molar refractivity (Wildman–Crippen MR) is 134 cm³/mol. The number of thiophene rings is 1. The van der Waals surface area contributed by atoms with Crippen LogP contribution in [0.4, 0.5) is 11.4 Å². The number of carbonyl (C=O) groups excluding carboxylic acids is 1. The zero-order valence-electron chi connectivity index (χ0n) is 18.8. The first-order valence-electron chi connectivity index (χ1n) is 10.4. The molecule has 9 nitrogen and oxygen atoms in total. The second-order valence-electron chi connectivity index (χ2n) is 7.57. The van der Waals surface area contributed by atoms with Crippen molar-refractivity contribution in [1.82, 2.24) is 9.36 Å². The lowest BCUT2D eigenvalue weighted by Gasteiger charge is -2.07. The second-order valence-corrected chi connectivity index (χ2v) is 8.69. The lowest BCUT2D eigenvalue weighted by molar-refractivity contribution is -0.384. The van der Waals surface area contributed by atoms with Gasteiger partial charge in [0.15, 0.2) is 0 Å². The Morgan fingerprint density at radius 3 is 2.57 bits per heavy atom. The monoisotopic (exact) mass is 485 g/mol. The van der Waals surface area contributed by atoms with Gasteiger partial charge in [0.25, 0.3) is 17.2 Å². The van der Waals surface area contributed by atoms with E-state index in [0.717, 1.165) is 4.88 Å². The predicted octanol–water partition coefficient (Wildman–Crippen LogP) is 4.67. The molecule has 0 fully saturated rings. The Morgan fingerprint density at radius 2 is 1.89 bits per heavy atom. The van der Waals surface area contributed by atoms with Crippen LogP contribution in [-0.4, -0.2) is 20.2 Å². The summed E-state index contributed by atoms with van der Waals surface area (Å²) in [6.07, 6.45) is 1.43. The fourth-order valence-electron chi connectivity index (χ4n) is 3.54. The molecule has 2 aromatic carbocycles. The number of nitrogens with one attached hydrogen (secondary N) is 1. The lowest BCUT2D eigenvalue weighted by atomic mass is 10.1. The van der Waals surface area contributed by atoms with E-state index < -0.39 is 16.4 Å². The van der Waals surface area contributed by atoms with Gasteiger partial charge in [0.2, 0.25) is 0 Å². The van der Waals surface area contributed by atoms with E-state index in [2.05, 4.69) is 5.32 Å². The van der Waals surface area contributed by atoms with Gasteiger partial charge in [-0.25, -0.2) is 4.68 Å². The minimum atomic E-state index is -0.705. The maximum absolute atomic E-state index is 13.0. The summed E-state index contributed by atoms with van der Waals surface area (Å²) in [6, 6.07) is 20.6. The highest BCUT2D eigenvalue weighted by Gasteiger charge is 2.20. The molecule has 35 heavy (non-hydrogen) atoms. The molecular formula is C25H19N5O4S. The van der Waals surface area contributed by atoms with Crippen molar-refractivity contribution in [2.45, 2.75) is 6.92 Å². The summed E-state index contributed by atoms with van der Waals surface area (Å²) in [7, 11) is 1.71. The summed E-state index contributed by atoms with van der Waals surface area (Å²) in [5, 5.41) is 23.2. The molecule has 0 unspecified atom stereocenters. The van der Waals surface area contributed by atoms with Crippen LogP contribution < -0.4 is 10.9 Å². The Kier molecular flexibility index (Phi) is 6.44. The van der Waals surface area contributed by atoms with Gasteiger partial charge in [-0.2, -0.15) is 5.26 Å². The minimum Gasteiger partial charge on any atom is -0.315 e. The summed E-state index contributed by atoms with van der Waals surface area (Å²) in [6.45, 7) is 1.71. The summed E-state index contributed by atoms with van der Waals surface area (Å²) in [4.78, 5) is 37.9. The molecule has 10 heteroatoms. The van der Waals surface area contributed by atoms with Crippen molar-refractivity contribution in [3.8, 4) is 22.2 Å². The van der Waals surface area contributed by atoms with E-state index in [0.29, 0.717) is 21.8 Å².